The number of thioether (sulfide) groups is 1. The van der Waals surface area contributed by atoms with Crippen molar-refractivity contribution in [3.05, 3.63) is 47.6 Å². The highest BCUT2D eigenvalue weighted by Gasteiger charge is 2.34. The van der Waals surface area contributed by atoms with Gasteiger partial charge in [0.25, 0.3) is 5.91 Å². The van der Waals surface area contributed by atoms with Gasteiger partial charge in [-0.05, 0) is 43.3 Å². The third-order valence-corrected chi connectivity index (χ3v) is 6.45. The first-order chi connectivity index (χ1) is 13.5. The van der Waals surface area contributed by atoms with Crippen LogP contribution in [-0.2, 0) is 20.7 Å². The van der Waals surface area contributed by atoms with Crippen LogP contribution in [0.2, 0.25) is 0 Å². The number of anilines is 1. The van der Waals surface area contributed by atoms with E-state index in [1.54, 1.807) is 11.8 Å². The first kappa shape index (κ1) is 18.9. The minimum atomic E-state index is -0.840. The second-order valence-electron chi connectivity index (χ2n) is 6.63. The molecule has 0 radical (unpaired) electrons. The zero-order valence-electron chi connectivity index (χ0n) is 15.5. The summed E-state index contributed by atoms with van der Waals surface area (Å²) in [4.78, 5) is 36.2. The number of hydrogen-bond donors (Lipinski definition) is 0. The average Bonchev–Trinajstić information content (AvgIpc) is 3.29. The van der Waals surface area contributed by atoms with Gasteiger partial charge in [0.2, 0.25) is 0 Å². The molecule has 2 atom stereocenters. The molecule has 0 spiro atoms. The minimum Gasteiger partial charge on any atom is -0.452 e. The fraction of sp³-hybridized carbons (Fsp3) is 0.300. The molecule has 1 aliphatic heterocycles. The standard InChI is InChI=1S/C20H19N3O3S2/c1-12-9-14-5-3-4-6-16(14)23(12)20(25)13(2)26-17(24)10-28-19-15-7-8-27-18(15)21-11-22-19/h3-8,11-13H,9-10H2,1-2H3/t12-,13-/m1/s1. The number of para-hydroxylation sites is 1. The summed E-state index contributed by atoms with van der Waals surface area (Å²) >= 11 is 2.82. The van der Waals surface area contributed by atoms with Gasteiger partial charge in [-0.25, -0.2) is 9.97 Å². The van der Waals surface area contributed by atoms with Gasteiger partial charge in [0.05, 0.1) is 5.75 Å². The molecule has 3 aromatic rings. The number of amides is 1. The lowest BCUT2D eigenvalue weighted by Gasteiger charge is -2.25. The van der Waals surface area contributed by atoms with Crippen LogP contribution in [0.4, 0.5) is 5.69 Å². The van der Waals surface area contributed by atoms with E-state index in [1.807, 2.05) is 42.6 Å². The van der Waals surface area contributed by atoms with Crippen LogP contribution in [0.15, 0.2) is 47.1 Å². The Hall–Kier alpha value is -2.45. The van der Waals surface area contributed by atoms with Crippen LogP contribution in [0.1, 0.15) is 19.4 Å². The second kappa shape index (κ2) is 7.89. The van der Waals surface area contributed by atoms with E-state index in [9.17, 15) is 9.59 Å². The van der Waals surface area contributed by atoms with Crippen molar-refractivity contribution in [3.8, 4) is 0 Å². The molecule has 0 bridgehead atoms. The predicted molar refractivity (Wildman–Crippen MR) is 111 cm³/mol. The highest BCUT2D eigenvalue weighted by atomic mass is 32.2. The maximum Gasteiger partial charge on any atom is 0.317 e. The average molecular weight is 414 g/mol. The number of fused-ring (bicyclic) bond motifs is 2. The molecule has 0 saturated carbocycles. The van der Waals surface area contributed by atoms with Crippen molar-refractivity contribution in [1.82, 2.24) is 9.97 Å². The van der Waals surface area contributed by atoms with Crippen molar-refractivity contribution >= 4 is 50.9 Å². The number of carbonyl (C=O) groups is 2. The van der Waals surface area contributed by atoms with E-state index in [-0.39, 0.29) is 17.7 Å². The van der Waals surface area contributed by atoms with Crippen LogP contribution in [0, 0.1) is 0 Å². The number of rotatable bonds is 5. The summed E-state index contributed by atoms with van der Waals surface area (Å²) in [7, 11) is 0. The Morgan fingerprint density at radius 3 is 3.00 bits per heavy atom. The smallest absolute Gasteiger partial charge is 0.317 e. The molecule has 4 rings (SSSR count). The third-order valence-electron chi connectivity index (χ3n) is 4.65. The predicted octanol–water partition coefficient (Wildman–Crippen LogP) is 3.69. The van der Waals surface area contributed by atoms with Gasteiger partial charge in [-0.15, -0.1) is 11.3 Å². The number of hydrogen-bond acceptors (Lipinski definition) is 7. The summed E-state index contributed by atoms with van der Waals surface area (Å²) in [5, 5.41) is 3.61. The largest absolute Gasteiger partial charge is 0.452 e. The van der Waals surface area contributed by atoms with Crippen molar-refractivity contribution in [2.24, 2.45) is 0 Å². The fourth-order valence-electron chi connectivity index (χ4n) is 3.39. The van der Waals surface area contributed by atoms with E-state index in [1.165, 1.54) is 29.4 Å². The van der Waals surface area contributed by atoms with Crippen molar-refractivity contribution in [1.29, 1.82) is 0 Å². The van der Waals surface area contributed by atoms with E-state index in [4.69, 9.17) is 4.74 Å². The van der Waals surface area contributed by atoms with Gasteiger partial charge in [-0.1, -0.05) is 30.0 Å². The second-order valence-corrected chi connectivity index (χ2v) is 8.49. The van der Waals surface area contributed by atoms with Crippen molar-refractivity contribution in [2.75, 3.05) is 10.7 Å². The van der Waals surface area contributed by atoms with E-state index >= 15 is 0 Å². The molecule has 0 N–H and O–H groups in total. The van der Waals surface area contributed by atoms with Crippen molar-refractivity contribution in [3.63, 3.8) is 0 Å². The number of aromatic nitrogens is 2. The van der Waals surface area contributed by atoms with Gasteiger partial charge in [-0.2, -0.15) is 0 Å². The van der Waals surface area contributed by atoms with Crippen LogP contribution < -0.4 is 4.90 Å². The highest BCUT2D eigenvalue weighted by Crippen LogP contribution is 2.32. The van der Waals surface area contributed by atoms with Crippen molar-refractivity contribution in [2.45, 2.75) is 37.4 Å². The molecule has 2 aromatic heterocycles. The molecule has 0 unspecified atom stereocenters. The van der Waals surface area contributed by atoms with Gasteiger partial charge < -0.3 is 9.64 Å². The van der Waals surface area contributed by atoms with Gasteiger partial charge in [-0.3, -0.25) is 9.59 Å². The molecule has 28 heavy (non-hydrogen) atoms. The molecule has 0 aliphatic carbocycles. The number of nitrogens with zero attached hydrogens (tertiary/aromatic N) is 3. The monoisotopic (exact) mass is 413 g/mol. The molecule has 0 fully saturated rings. The summed E-state index contributed by atoms with van der Waals surface area (Å²) in [5.74, 6) is -0.544. The number of ether oxygens (including phenoxy) is 1. The lowest BCUT2D eigenvalue weighted by Crippen LogP contribution is -2.43. The lowest BCUT2D eigenvalue weighted by atomic mass is 10.1. The Balaban J connectivity index is 1.38. The third kappa shape index (κ3) is 3.62. The Labute approximate surface area is 170 Å². The Morgan fingerprint density at radius 2 is 2.14 bits per heavy atom. The molecule has 6 nitrogen and oxygen atoms in total. The number of carbonyl (C=O) groups excluding carboxylic acids is 2. The van der Waals surface area contributed by atoms with E-state index in [0.29, 0.717) is 0 Å². The molecular weight excluding hydrogens is 394 g/mol. The minimum absolute atomic E-state index is 0.0494. The first-order valence-corrected chi connectivity index (χ1v) is 10.8. The topological polar surface area (TPSA) is 72.4 Å². The summed E-state index contributed by atoms with van der Waals surface area (Å²) in [6.45, 7) is 3.63. The van der Waals surface area contributed by atoms with E-state index < -0.39 is 12.1 Å². The lowest BCUT2D eigenvalue weighted by molar-refractivity contribution is -0.151. The molecule has 1 aliphatic rings. The molecule has 0 saturated heterocycles. The summed E-state index contributed by atoms with van der Waals surface area (Å²) in [6, 6.07) is 9.83. The summed E-state index contributed by atoms with van der Waals surface area (Å²) in [5.41, 5.74) is 2.04. The van der Waals surface area contributed by atoms with E-state index in [0.717, 1.165) is 32.9 Å². The van der Waals surface area contributed by atoms with Crippen molar-refractivity contribution < 1.29 is 14.3 Å². The summed E-state index contributed by atoms with van der Waals surface area (Å²) in [6.07, 6.45) is 1.46. The molecule has 3 heterocycles. The van der Waals surface area contributed by atoms with Crippen LogP contribution in [0.5, 0.6) is 0 Å². The summed E-state index contributed by atoms with van der Waals surface area (Å²) < 4.78 is 5.41. The van der Waals surface area contributed by atoms with Crippen LogP contribution in [-0.4, -0.2) is 39.7 Å². The quantitative estimate of drug-likeness (QED) is 0.361. The Bertz CT molecular complexity index is 1040. The number of benzene rings is 1. The molecular formula is C20H19N3O3S2. The van der Waals surface area contributed by atoms with Gasteiger partial charge >= 0.3 is 5.97 Å². The number of thiophene rings is 1. The highest BCUT2D eigenvalue weighted by molar-refractivity contribution is 8.00. The number of esters is 1. The zero-order valence-corrected chi connectivity index (χ0v) is 17.1. The SMILES string of the molecule is C[C@@H]1Cc2ccccc2N1C(=O)[C@@H](C)OC(=O)CSc1ncnc2sccc12. The van der Waals surface area contributed by atoms with Gasteiger partial charge in [0.1, 0.15) is 16.2 Å². The fourth-order valence-corrected chi connectivity index (χ4v) is 4.95. The Morgan fingerprint density at radius 1 is 1.32 bits per heavy atom. The molecule has 8 heteroatoms. The van der Waals surface area contributed by atoms with Crippen LogP contribution in [0.3, 0.4) is 0 Å². The first-order valence-electron chi connectivity index (χ1n) is 8.96. The zero-order chi connectivity index (χ0) is 19.7. The Kier molecular flexibility index (Phi) is 5.32. The molecule has 144 valence electrons. The van der Waals surface area contributed by atoms with Gasteiger partial charge in [0.15, 0.2) is 6.10 Å². The maximum absolute atomic E-state index is 12.9. The van der Waals surface area contributed by atoms with Crippen LogP contribution >= 0.6 is 23.1 Å². The molecule has 1 amide bonds. The molecule has 1 aromatic carbocycles. The normalized spacial score (nSPS) is 16.8. The van der Waals surface area contributed by atoms with Gasteiger partial charge in [0, 0.05) is 17.1 Å². The van der Waals surface area contributed by atoms with E-state index in [2.05, 4.69) is 9.97 Å². The van der Waals surface area contributed by atoms with Crippen LogP contribution in [0.25, 0.3) is 10.2 Å². The maximum atomic E-state index is 12.9.